The molecule has 1 N–H and O–H groups in total. The summed E-state index contributed by atoms with van der Waals surface area (Å²) in [7, 11) is 0. The summed E-state index contributed by atoms with van der Waals surface area (Å²) in [6.45, 7) is 7.07. The Morgan fingerprint density at radius 2 is 1.82 bits per heavy atom. The first kappa shape index (κ1) is 29.3. The van der Waals surface area contributed by atoms with E-state index in [1.165, 1.54) is 17.8 Å². The fourth-order valence-corrected chi connectivity index (χ4v) is 5.48. The molecule has 1 fully saturated rings. The molecule has 0 aliphatic carbocycles. The second-order valence-corrected chi connectivity index (χ2v) is 11.4. The number of rotatable bonds is 8. The van der Waals surface area contributed by atoms with Crippen molar-refractivity contribution >= 4 is 29.5 Å². The molecule has 1 heterocycles. The van der Waals surface area contributed by atoms with E-state index in [1.54, 1.807) is 45.9 Å². The van der Waals surface area contributed by atoms with Gasteiger partial charge in [0.2, 0.25) is 0 Å². The van der Waals surface area contributed by atoms with Crippen LogP contribution in [0.2, 0.25) is 0 Å². The quantitative estimate of drug-likeness (QED) is 0.182. The molecule has 0 saturated carbocycles. The van der Waals surface area contributed by atoms with Crippen molar-refractivity contribution in [2.24, 2.45) is 5.92 Å². The fourth-order valence-electron chi connectivity index (χ4n) is 4.37. The zero-order valence-corrected chi connectivity index (χ0v) is 23.1. The first-order valence-corrected chi connectivity index (χ1v) is 13.8. The van der Waals surface area contributed by atoms with Gasteiger partial charge in [0.1, 0.15) is 29.6 Å². The van der Waals surface area contributed by atoms with E-state index in [0.29, 0.717) is 35.7 Å². The monoisotopic (exact) mass is 544 g/mol. The summed E-state index contributed by atoms with van der Waals surface area (Å²) in [6.07, 6.45) is 0.774. The Morgan fingerprint density at radius 1 is 1.13 bits per heavy atom. The molecular formula is C28H36N2O7S. The maximum Gasteiger partial charge on any atom is 0.408 e. The number of carbonyl (C=O) groups is 2. The van der Waals surface area contributed by atoms with Crippen LogP contribution in [0.5, 0.6) is 5.75 Å². The first-order chi connectivity index (χ1) is 18.0. The molecular weight excluding hydrogens is 508 g/mol. The molecule has 2 aromatic rings. The highest BCUT2D eigenvalue weighted by atomic mass is 32.2. The predicted octanol–water partition coefficient (Wildman–Crippen LogP) is 6.15. The Bertz CT molecular complexity index is 1090. The number of para-hydroxylation sites is 2. The molecule has 10 heteroatoms. The molecule has 1 aliphatic rings. The maximum absolute atomic E-state index is 13.0. The zero-order valence-electron chi connectivity index (χ0n) is 22.3. The van der Waals surface area contributed by atoms with Gasteiger partial charge in [-0.3, -0.25) is 10.1 Å². The summed E-state index contributed by atoms with van der Waals surface area (Å²) in [6, 6.07) is 15.2. The van der Waals surface area contributed by atoms with Gasteiger partial charge in [-0.2, -0.15) is 0 Å². The highest BCUT2D eigenvalue weighted by Gasteiger charge is 2.36. The number of thioether (sulfide) groups is 1. The molecule has 38 heavy (non-hydrogen) atoms. The summed E-state index contributed by atoms with van der Waals surface area (Å²) in [5, 5.41) is 14.1. The second-order valence-electron chi connectivity index (χ2n) is 10.3. The number of esters is 1. The largest absolute Gasteiger partial charge is 0.486 e. The van der Waals surface area contributed by atoms with Crippen LogP contribution in [0.15, 0.2) is 59.5 Å². The molecule has 1 aliphatic heterocycles. The number of nitrogens with one attached hydrogen (secondary N) is 1. The van der Waals surface area contributed by atoms with Crippen molar-refractivity contribution in [3.8, 4) is 5.75 Å². The van der Waals surface area contributed by atoms with Gasteiger partial charge in [-0.1, -0.05) is 36.8 Å². The summed E-state index contributed by atoms with van der Waals surface area (Å²) >= 11 is 1.43. The second kappa shape index (κ2) is 13.5. The molecule has 1 amide bonds. The molecule has 0 spiro atoms. The van der Waals surface area contributed by atoms with E-state index in [4.69, 9.17) is 14.2 Å². The summed E-state index contributed by atoms with van der Waals surface area (Å²) < 4.78 is 17.5. The number of amides is 1. The number of nitrogens with zero attached hydrogens (tertiary/aromatic N) is 1. The minimum absolute atomic E-state index is 0.00792. The minimum atomic E-state index is -0.829. The number of cyclic esters (lactones) is 1. The molecule has 3 rings (SSSR count). The van der Waals surface area contributed by atoms with Gasteiger partial charge in [-0.15, -0.1) is 11.8 Å². The normalized spacial score (nSPS) is 22.3. The summed E-state index contributed by atoms with van der Waals surface area (Å²) in [5.74, 6) is 0.776. The number of nitro groups is 1. The van der Waals surface area contributed by atoms with Crippen molar-refractivity contribution in [1.29, 1.82) is 0 Å². The standard InChI is InChI=1S/C28H36N2O7S/c1-19-25(36-21-12-6-5-7-13-21)20(17-18-38-24-16-9-8-15-23(24)30(33)34)11-10-14-22(26(31)35-19)29-27(32)37-28(2,3)4/h5-9,12-13,15-16,19-20,22,25H,10-11,14,17-18H2,1-4H3,(H,29,32)/t19-,20+,22-,25-/m0/s1. The van der Waals surface area contributed by atoms with E-state index < -0.39 is 35.9 Å². The third-order valence-corrected chi connectivity index (χ3v) is 7.19. The fraction of sp³-hybridized carbons (Fsp3) is 0.500. The van der Waals surface area contributed by atoms with Crippen molar-refractivity contribution in [2.45, 2.75) is 82.1 Å². The Morgan fingerprint density at radius 3 is 2.50 bits per heavy atom. The van der Waals surface area contributed by atoms with Crippen LogP contribution in [0, 0.1) is 16.0 Å². The third-order valence-electron chi connectivity index (χ3n) is 6.10. The lowest BCUT2D eigenvalue weighted by atomic mass is 9.90. The van der Waals surface area contributed by atoms with Gasteiger partial charge in [0.25, 0.3) is 5.69 Å². The lowest BCUT2D eigenvalue weighted by Crippen LogP contribution is -2.46. The number of benzene rings is 2. The SMILES string of the molecule is C[C@@H]1OC(=O)[C@@H](NC(=O)OC(C)(C)C)CCC[C@H](CCSc2ccccc2[N+](=O)[O-])[C@H]1Oc1ccccc1. The van der Waals surface area contributed by atoms with Crippen LogP contribution in [-0.2, 0) is 14.3 Å². The number of ether oxygens (including phenoxy) is 3. The lowest BCUT2D eigenvalue weighted by Gasteiger charge is -2.31. The van der Waals surface area contributed by atoms with Crippen molar-refractivity contribution in [3.63, 3.8) is 0 Å². The van der Waals surface area contributed by atoms with Gasteiger partial charge in [0.15, 0.2) is 0 Å². The highest BCUT2D eigenvalue weighted by molar-refractivity contribution is 7.99. The van der Waals surface area contributed by atoms with Gasteiger partial charge in [-0.25, -0.2) is 9.59 Å². The number of hydrogen-bond acceptors (Lipinski definition) is 8. The van der Waals surface area contributed by atoms with Crippen LogP contribution in [-0.4, -0.2) is 46.6 Å². The number of hydrogen-bond donors (Lipinski definition) is 1. The van der Waals surface area contributed by atoms with E-state index in [-0.39, 0.29) is 16.5 Å². The van der Waals surface area contributed by atoms with Gasteiger partial charge in [-0.05, 0) is 70.9 Å². The van der Waals surface area contributed by atoms with Crippen LogP contribution < -0.4 is 10.1 Å². The molecule has 0 unspecified atom stereocenters. The third kappa shape index (κ3) is 8.93. The predicted molar refractivity (Wildman–Crippen MR) is 145 cm³/mol. The molecule has 206 valence electrons. The molecule has 1 saturated heterocycles. The first-order valence-electron chi connectivity index (χ1n) is 12.8. The summed E-state index contributed by atoms with van der Waals surface area (Å²) in [5.41, 5.74) is -0.604. The van der Waals surface area contributed by atoms with E-state index in [0.717, 1.165) is 6.42 Å². The van der Waals surface area contributed by atoms with Gasteiger partial charge in [0, 0.05) is 12.0 Å². The molecule has 0 aromatic heterocycles. The van der Waals surface area contributed by atoms with Crippen molar-refractivity contribution in [2.75, 3.05) is 5.75 Å². The Hall–Kier alpha value is -3.27. The topological polar surface area (TPSA) is 117 Å². The van der Waals surface area contributed by atoms with Crippen LogP contribution in [0.25, 0.3) is 0 Å². The zero-order chi connectivity index (χ0) is 27.7. The van der Waals surface area contributed by atoms with Crippen molar-refractivity contribution < 1.29 is 28.7 Å². The molecule has 9 nitrogen and oxygen atoms in total. The average molecular weight is 545 g/mol. The number of nitro benzene ring substituents is 1. The molecule has 4 atom stereocenters. The van der Waals surface area contributed by atoms with E-state index >= 15 is 0 Å². The van der Waals surface area contributed by atoms with E-state index in [9.17, 15) is 19.7 Å². The van der Waals surface area contributed by atoms with Gasteiger partial charge < -0.3 is 19.5 Å². The smallest absolute Gasteiger partial charge is 0.408 e. The molecule has 0 radical (unpaired) electrons. The van der Waals surface area contributed by atoms with Gasteiger partial charge >= 0.3 is 12.1 Å². The maximum atomic E-state index is 13.0. The van der Waals surface area contributed by atoms with Crippen molar-refractivity contribution in [3.05, 3.63) is 64.7 Å². The van der Waals surface area contributed by atoms with Gasteiger partial charge in [0.05, 0.1) is 9.82 Å². The Kier molecular flexibility index (Phi) is 10.4. The number of carbonyl (C=O) groups excluding carboxylic acids is 2. The Balaban J connectivity index is 1.75. The number of alkyl carbamates (subject to hydrolysis) is 1. The minimum Gasteiger partial charge on any atom is -0.486 e. The molecule has 0 bridgehead atoms. The Labute approximate surface area is 227 Å². The van der Waals surface area contributed by atoms with Crippen LogP contribution >= 0.6 is 11.8 Å². The summed E-state index contributed by atoms with van der Waals surface area (Å²) in [4.78, 5) is 37.0. The van der Waals surface area contributed by atoms with Crippen LogP contribution in [0.4, 0.5) is 10.5 Å². The van der Waals surface area contributed by atoms with E-state index in [1.807, 2.05) is 30.3 Å². The van der Waals surface area contributed by atoms with Crippen molar-refractivity contribution in [1.82, 2.24) is 5.32 Å². The highest BCUT2D eigenvalue weighted by Crippen LogP contribution is 2.33. The lowest BCUT2D eigenvalue weighted by molar-refractivity contribution is -0.387. The van der Waals surface area contributed by atoms with Crippen LogP contribution in [0.3, 0.4) is 0 Å². The van der Waals surface area contributed by atoms with Crippen LogP contribution in [0.1, 0.15) is 53.4 Å². The molecule has 2 aromatic carbocycles. The van der Waals surface area contributed by atoms with E-state index in [2.05, 4.69) is 5.32 Å². The average Bonchev–Trinajstić information content (AvgIpc) is 2.89.